The van der Waals surface area contributed by atoms with Crippen LogP contribution in [0.1, 0.15) is 57.8 Å². The van der Waals surface area contributed by atoms with Gasteiger partial charge in [0.15, 0.2) is 5.78 Å². The highest BCUT2D eigenvalue weighted by atomic mass is 16.5. The minimum absolute atomic E-state index is 0.0214. The molecule has 2 rings (SSSR count). The van der Waals surface area contributed by atoms with Crippen LogP contribution in [0.2, 0.25) is 0 Å². The van der Waals surface area contributed by atoms with E-state index in [1.807, 2.05) is 19.9 Å². The molecule has 1 aliphatic carbocycles. The quantitative estimate of drug-likeness (QED) is 0.755. The van der Waals surface area contributed by atoms with Gasteiger partial charge in [0, 0.05) is 18.0 Å². The number of hydrogen-bond donors (Lipinski definition) is 2. The van der Waals surface area contributed by atoms with E-state index >= 15 is 0 Å². The molecule has 3 N–H and O–H groups in total. The van der Waals surface area contributed by atoms with Crippen LogP contribution in [-0.2, 0) is 4.79 Å². The lowest BCUT2D eigenvalue weighted by Crippen LogP contribution is -2.28. The molecule has 0 spiro atoms. The Balaban J connectivity index is 2.30. The Kier molecular flexibility index (Phi) is 5.09. The number of aliphatic hydroxyl groups is 1. The monoisotopic (exact) mass is 318 g/mol. The van der Waals surface area contributed by atoms with Crippen LogP contribution in [0.4, 0.5) is 0 Å². The molecule has 0 atom stereocenters. The zero-order chi connectivity index (χ0) is 17.2. The molecule has 0 aliphatic heterocycles. The zero-order valence-electron chi connectivity index (χ0n) is 14.3. The summed E-state index contributed by atoms with van der Waals surface area (Å²) in [5, 5.41) is 9.82. The maximum atomic E-state index is 12.3. The van der Waals surface area contributed by atoms with Crippen LogP contribution in [0.5, 0.6) is 5.75 Å². The summed E-state index contributed by atoms with van der Waals surface area (Å²) in [6.07, 6.45) is 3.46. The molecule has 126 valence electrons. The molecule has 1 saturated carbocycles. The van der Waals surface area contributed by atoms with Crippen LogP contribution in [0.25, 0.3) is 5.57 Å². The fraction of sp³-hybridized carbons (Fsp3) is 0.556. The van der Waals surface area contributed by atoms with E-state index in [1.54, 1.807) is 19.9 Å². The number of allylic oxidation sites excluding steroid dienone is 1. The number of nitrogens with zero attached hydrogens (tertiary/aromatic N) is 1. The van der Waals surface area contributed by atoms with Crippen LogP contribution < -0.4 is 10.5 Å². The van der Waals surface area contributed by atoms with Crippen molar-refractivity contribution in [3.63, 3.8) is 0 Å². The molecule has 0 radical (unpaired) electrons. The molecule has 1 heterocycles. The first-order valence-electron chi connectivity index (χ1n) is 8.05. The predicted molar refractivity (Wildman–Crippen MR) is 90.0 cm³/mol. The number of pyridine rings is 1. The summed E-state index contributed by atoms with van der Waals surface area (Å²) in [4.78, 5) is 16.9. The third-order valence-electron chi connectivity index (χ3n) is 3.66. The predicted octanol–water partition coefficient (Wildman–Crippen LogP) is 2.63. The standard InChI is InChI=1S/C18H26N2O3/c1-11(2)17(21)13(9-19)14-7-8-15(23-10-18(3,4)22)16(20-14)12-5-6-12/h7-9,11-12,22H,5-6,10,19H2,1-4H3. The third kappa shape index (κ3) is 4.55. The van der Waals surface area contributed by atoms with Crippen molar-refractivity contribution in [2.45, 2.75) is 52.1 Å². The molecular formula is C18H26N2O3. The van der Waals surface area contributed by atoms with Crippen LogP contribution >= 0.6 is 0 Å². The molecular weight excluding hydrogens is 292 g/mol. The van der Waals surface area contributed by atoms with Gasteiger partial charge in [-0.2, -0.15) is 0 Å². The highest BCUT2D eigenvalue weighted by molar-refractivity contribution is 6.20. The molecule has 1 aromatic rings. The second kappa shape index (κ2) is 6.71. The number of aromatic nitrogens is 1. The van der Waals surface area contributed by atoms with E-state index in [2.05, 4.69) is 4.98 Å². The third-order valence-corrected chi connectivity index (χ3v) is 3.66. The number of ether oxygens (including phenoxy) is 1. The SMILES string of the molecule is CC(C)C(=O)C(=CN)c1ccc(OCC(C)(C)O)c(C2CC2)n1. The van der Waals surface area contributed by atoms with Crippen molar-refractivity contribution in [2.75, 3.05) is 6.61 Å². The van der Waals surface area contributed by atoms with Gasteiger partial charge in [0.25, 0.3) is 0 Å². The Morgan fingerprint density at radius 3 is 2.61 bits per heavy atom. The Bertz CT molecular complexity index is 611. The van der Waals surface area contributed by atoms with Crippen LogP contribution in [-0.4, -0.2) is 28.1 Å². The lowest BCUT2D eigenvalue weighted by atomic mass is 9.98. The van der Waals surface area contributed by atoms with E-state index in [1.165, 1.54) is 6.20 Å². The first-order chi connectivity index (χ1) is 10.7. The number of carbonyl (C=O) groups is 1. The van der Waals surface area contributed by atoms with Gasteiger partial charge in [-0.1, -0.05) is 13.8 Å². The number of rotatable bonds is 7. The summed E-state index contributed by atoms with van der Waals surface area (Å²) >= 11 is 0. The minimum Gasteiger partial charge on any atom is -0.489 e. The van der Waals surface area contributed by atoms with Crippen LogP contribution in [0.3, 0.4) is 0 Å². The molecule has 0 amide bonds. The Morgan fingerprint density at radius 1 is 1.48 bits per heavy atom. The van der Waals surface area contributed by atoms with Gasteiger partial charge >= 0.3 is 0 Å². The average Bonchev–Trinajstić information content (AvgIpc) is 3.30. The molecule has 1 aromatic heterocycles. The van der Waals surface area contributed by atoms with Crippen molar-refractivity contribution in [2.24, 2.45) is 11.7 Å². The number of nitrogens with two attached hydrogens (primary N) is 1. The lowest BCUT2D eigenvalue weighted by molar-refractivity contribution is -0.116. The van der Waals surface area contributed by atoms with Crippen molar-refractivity contribution < 1.29 is 14.6 Å². The smallest absolute Gasteiger partial charge is 0.169 e. The lowest BCUT2D eigenvalue weighted by Gasteiger charge is -2.19. The van der Waals surface area contributed by atoms with Crippen molar-refractivity contribution in [3.05, 3.63) is 29.7 Å². The van der Waals surface area contributed by atoms with Gasteiger partial charge in [0.1, 0.15) is 12.4 Å². The molecule has 5 heteroatoms. The van der Waals surface area contributed by atoms with E-state index in [4.69, 9.17) is 10.5 Å². The molecule has 1 fully saturated rings. The van der Waals surface area contributed by atoms with E-state index < -0.39 is 5.60 Å². The summed E-state index contributed by atoms with van der Waals surface area (Å²) < 4.78 is 5.73. The van der Waals surface area contributed by atoms with E-state index in [0.717, 1.165) is 18.5 Å². The van der Waals surface area contributed by atoms with Gasteiger partial charge in [-0.15, -0.1) is 0 Å². The second-order valence-electron chi connectivity index (χ2n) is 7.05. The average molecular weight is 318 g/mol. The summed E-state index contributed by atoms with van der Waals surface area (Å²) in [5.74, 6) is 0.876. The van der Waals surface area contributed by atoms with Crippen molar-refractivity contribution in [1.82, 2.24) is 4.98 Å². The number of ketones is 1. The van der Waals surface area contributed by atoms with E-state index in [9.17, 15) is 9.90 Å². The summed E-state index contributed by atoms with van der Waals surface area (Å²) in [5.41, 5.74) is 6.62. The van der Waals surface area contributed by atoms with Gasteiger partial charge < -0.3 is 15.6 Å². The largest absolute Gasteiger partial charge is 0.489 e. The molecule has 0 unspecified atom stereocenters. The second-order valence-corrected chi connectivity index (χ2v) is 7.05. The highest BCUT2D eigenvalue weighted by Crippen LogP contribution is 2.43. The van der Waals surface area contributed by atoms with Crippen LogP contribution in [0.15, 0.2) is 18.3 Å². The molecule has 0 saturated heterocycles. The minimum atomic E-state index is -0.907. The van der Waals surface area contributed by atoms with E-state index in [0.29, 0.717) is 22.9 Å². The molecule has 5 nitrogen and oxygen atoms in total. The van der Waals surface area contributed by atoms with Crippen molar-refractivity contribution in [3.8, 4) is 5.75 Å². The Morgan fingerprint density at radius 2 is 2.13 bits per heavy atom. The first-order valence-corrected chi connectivity index (χ1v) is 8.05. The van der Waals surface area contributed by atoms with E-state index in [-0.39, 0.29) is 18.3 Å². The topological polar surface area (TPSA) is 85.4 Å². The maximum Gasteiger partial charge on any atom is 0.169 e. The fourth-order valence-electron chi connectivity index (χ4n) is 2.24. The molecule has 0 bridgehead atoms. The Labute approximate surface area is 137 Å². The Hall–Kier alpha value is -1.88. The fourth-order valence-corrected chi connectivity index (χ4v) is 2.24. The molecule has 0 aromatic carbocycles. The number of Topliss-reactive ketones (excluding diaryl/α,β-unsaturated/α-hetero) is 1. The van der Waals surface area contributed by atoms with Gasteiger partial charge in [0.05, 0.1) is 22.6 Å². The van der Waals surface area contributed by atoms with Gasteiger partial charge in [-0.25, -0.2) is 4.98 Å². The van der Waals surface area contributed by atoms with Crippen molar-refractivity contribution in [1.29, 1.82) is 0 Å². The summed E-state index contributed by atoms with van der Waals surface area (Å²) in [7, 11) is 0. The summed E-state index contributed by atoms with van der Waals surface area (Å²) in [6, 6.07) is 3.57. The van der Waals surface area contributed by atoms with Gasteiger partial charge in [-0.05, 0) is 38.8 Å². The highest BCUT2D eigenvalue weighted by Gasteiger charge is 2.30. The number of carbonyl (C=O) groups excluding carboxylic acids is 1. The van der Waals surface area contributed by atoms with Gasteiger partial charge in [-0.3, -0.25) is 4.79 Å². The molecule has 23 heavy (non-hydrogen) atoms. The normalized spacial score (nSPS) is 15.8. The van der Waals surface area contributed by atoms with Gasteiger partial charge in [0.2, 0.25) is 0 Å². The number of hydrogen-bond acceptors (Lipinski definition) is 5. The van der Waals surface area contributed by atoms with Crippen molar-refractivity contribution >= 4 is 11.4 Å². The maximum absolute atomic E-state index is 12.3. The zero-order valence-corrected chi connectivity index (χ0v) is 14.3. The first kappa shape index (κ1) is 17.5. The molecule has 1 aliphatic rings. The van der Waals surface area contributed by atoms with Crippen LogP contribution in [0, 0.1) is 5.92 Å². The summed E-state index contributed by atoms with van der Waals surface area (Å²) in [6.45, 7) is 7.27.